The molecule has 21 heavy (non-hydrogen) atoms. The molecule has 0 bridgehead atoms. The highest BCUT2D eigenvalue weighted by molar-refractivity contribution is 5.86. The molecule has 1 aromatic carbocycles. The molecule has 0 unspecified atom stereocenters. The Balaban J connectivity index is 1.93. The number of carbonyl (C=O) groups excluding carboxylic acids is 1. The minimum Gasteiger partial charge on any atom is -0.480 e. The molecule has 1 heterocycles. The second kappa shape index (κ2) is 7.19. The van der Waals surface area contributed by atoms with Gasteiger partial charge in [-0.05, 0) is 12.5 Å². The highest BCUT2D eigenvalue weighted by Crippen LogP contribution is 2.12. The first-order chi connectivity index (χ1) is 10.1. The molecule has 0 saturated carbocycles. The van der Waals surface area contributed by atoms with Crippen molar-refractivity contribution in [3.05, 3.63) is 35.9 Å². The molecule has 1 N–H and O–H groups in total. The van der Waals surface area contributed by atoms with Gasteiger partial charge in [-0.1, -0.05) is 30.3 Å². The van der Waals surface area contributed by atoms with Crippen LogP contribution in [0.4, 0.5) is 0 Å². The number of morpholine rings is 1. The summed E-state index contributed by atoms with van der Waals surface area (Å²) in [5.41, 5.74) is 0.967. The molecule has 1 fully saturated rings. The van der Waals surface area contributed by atoms with Gasteiger partial charge in [0.1, 0.15) is 6.10 Å². The molecule has 6 heteroatoms. The van der Waals surface area contributed by atoms with Crippen molar-refractivity contribution < 1.29 is 24.2 Å². The van der Waals surface area contributed by atoms with Crippen molar-refractivity contribution in [1.29, 1.82) is 0 Å². The number of hydrogen-bond donors (Lipinski definition) is 1. The van der Waals surface area contributed by atoms with E-state index < -0.39 is 18.1 Å². The van der Waals surface area contributed by atoms with Crippen molar-refractivity contribution in [2.45, 2.75) is 25.7 Å². The molecule has 1 aliphatic rings. The lowest BCUT2D eigenvalue weighted by molar-refractivity contribution is -0.164. The summed E-state index contributed by atoms with van der Waals surface area (Å²) in [6.07, 6.45) is -0.690. The second-order valence-corrected chi connectivity index (χ2v) is 4.90. The van der Waals surface area contributed by atoms with Crippen LogP contribution in [0.1, 0.15) is 12.5 Å². The molecule has 1 amide bonds. The third-order valence-corrected chi connectivity index (χ3v) is 3.39. The fraction of sp³-hybridized carbons (Fsp3) is 0.467. The van der Waals surface area contributed by atoms with Crippen molar-refractivity contribution in [3.8, 4) is 0 Å². The quantitative estimate of drug-likeness (QED) is 0.873. The van der Waals surface area contributed by atoms with Crippen LogP contribution in [0.5, 0.6) is 0 Å². The third-order valence-electron chi connectivity index (χ3n) is 3.39. The Morgan fingerprint density at radius 2 is 2.14 bits per heavy atom. The van der Waals surface area contributed by atoms with Crippen molar-refractivity contribution >= 4 is 11.9 Å². The van der Waals surface area contributed by atoms with Gasteiger partial charge in [0.05, 0.1) is 19.8 Å². The number of hydrogen-bond acceptors (Lipinski definition) is 4. The zero-order valence-corrected chi connectivity index (χ0v) is 11.9. The Bertz CT molecular complexity index is 490. The fourth-order valence-corrected chi connectivity index (χ4v) is 2.17. The molecular weight excluding hydrogens is 274 g/mol. The molecule has 1 aliphatic heterocycles. The minimum absolute atomic E-state index is 0.0203. The largest absolute Gasteiger partial charge is 0.480 e. The summed E-state index contributed by atoms with van der Waals surface area (Å²) in [6.45, 7) is 2.59. The zero-order chi connectivity index (χ0) is 15.2. The van der Waals surface area contributed by atoms with Gasteiger partial charge in [-0.3, -0.25) is 4.79 Å². The van der Waals surface area contributed by atoms with Crippen LogP contribution in [0.3, 0.4) is 0 Å². The molecule has 1 saturated heterocycles. The maximum Gasteiger partial charge on any atom is 0.328 e. The molecule has 0 aromatic heterocycles. The summed E-state index contributed by atoms with van der Waals surface area (Å²) < 4.78 is 10.7. The van der Waals surface area contributed by atoms with Crippen LogP contribution in [0.15, 0.2) is 30.3 Å². The van der Waals surface area contributed by atoms with Crippen LogP contribution in [0.25, 0.3) is 0 Å². The van der Waals surface area contributed by atoms with E-state index in [4.69, 9.17) is 14.6 Å². The monoisotopic (exact) mass is 293 g/mol. The van der Waals surface area contributed by atoms with Crippen LogP contribution in [0, 0.1) is 0 Å². The normalized spacial score (nSPS) is 20.0. The van der Waals surface area contributed by atoms with Gasteiger partial charge in [-0.2, -0.15) is 0 Å². The van der Waals surface area contributed by atoms with Crippen molar-refractivity contribution in [2.75, 3.05) is 19.8 Å². The van der Waals surface area contributed by atoms with Gasteiger partial charge in [-0.25, -0.2) is 4.79 Å². The smallest absolute Gasteiger partial charge is 0.328 e. The number of carbonyl (C=O) groups is 2. The standard InChI is InChI=1S/C15H19NO5/c1-11(21-9-12-5-3-2-4-6-12)14(17)16-7-8-20-10-13(16)15(18)19/h2-6,11,13H,7-10H2,1H3,(H,18,19)/t11-,13+/m0/s1. The van der Waals surface area contributed by atoms with Gasteiger partial charge in [-0.15, -0.1) is 0 Å². The Morgan fingerprint density at radius 3 is 2.81 bits per heavy atom. The average Bonchev–Trinajstić information content (AvgIpc) is 2.52. The van der Waals surface area contributed by atoms with Crippen molar-refractivity contribution in [1.82, 2.24) is 4.90 Å². The Morgan fingerprint density at radius 1 is 1.43 bits per heavy atom. The number of aliphatic carboxylic acids is 1. The van der Waals surface area contributed by atoms with E-state index in [1.165, 1.54) is 4.90 Å². The lowest BCUT2D eigenvalue weighted by Gasteiger charge is -2.34. The van der Waals surface area contributed by atoms with Crippen LogP contribution in [0.2, 0.25) is 0 Å². The van der Waals surface area contributed by atoms with E-state index in [1.807, 2.05) is 30.3 Å². The summed E-state index contributed by atoms with van der Waals surface area (Å²) in [4.78, 5) is 24.8. The van der Waals surface area contributed by atoms with E-state index >= 15 is 0 Å². The number of nitrogens with zero attached hydrogens (tertiary/aromatic N) is 1. The zero-order valence-electron chi connectivity index (χ0n) is 11.9. The first kappa shape index (κ1) is 15.5. The number of ether oxygens (including phenoxy) is 2. The molecule has 0 radical (unpaired) electrons. The summed E-state index contributed by atoms with van der Waals surface area (Å²) in [5, 5.41) is 9.13. The Hall–Kier alpha value is -1.92. The second-order valence-electron chi connectivity index (χ2n) is 4.90. The van der Waals surface area contributed by atoms with E-state index in [-0.39, 0.29) is 19.1 Å². The Kier molecular flexibility index (Phi) is 5.30. The predicted molar refractivity (Wildman–Crippen MR) is 74.6 cm³/mol. The van der Waals surface area contributed by atoms with Crippen LogP contribution in [-0.4, -0.2) is 53.8 Å². The first-order valence-electron chi connectivity index (χ1n) is 6.86. The van der Waals surface area contributed by atoms with Gasteiger partial charge < -0.3 is 19.5 Å². The minimum atomic E-state index is -1.06. The topological polar surface area (TPSA) is 76.1 Å². The van der Waals surface area contributed by atoms with E-state index in [2.05, 4.69) is 0 Å². The maximum atomic E-state index is 12.3. The molecule has 0 aliphatic carbocycles. The summed E-state index contributed by atoms with van der Waals surface area (Å²) in [5.74, 6) is -1.38. The maximum absolute atomic E-state index is 12.3. The number of carboxylic acid groups (broad SMARTS) is 1. The summed E-state index contributed by atoms with van der Waals surface area (Å²) in [6, 6.07) is 8.58. The number of rotatable bonds is 5. The van der Waals surface area contributed by atoms with E-state index in [0.29, 0.717) is 13.2 Å². The fourth-order valence-electron chi connectivity index (χ4n) is 2.17. The number of carboxylic acids is 1. The highest BCUT2D eigenvalue weighted by atomic mass is 16.5. The van der Waals surface area contributed by atoms with Gasteiger partial charge in [0, 0.05) is 6.54 Å². The third kappa shape index (κ3) is 4.03. The first-order valence-corrected chi connectivity index (χ1v) is 6.86. The molecule has 1 aromatic rings. The molecular formula is C15H19NO5. The number of amides is 1. The van der Waals surface area contributed by atoms with Crippen LogP contribution in [-0.2, 0) is 25.7 Å². The van der Waals surface area contributed by atoms with Crippen LogP contribution >= 0.6 is 0 Å². The molecule has 2 rings (SSSR count). The molecule has 2 atom stereocenters. The molecule has 0 spiro atoms. The summed E-state index contributed by atoms with van der Waals surface area (Å²) >= 11 is 0. The lowest BCUT2D eigenvalue weighted by Crippen LogP contribution is -2.55. The summed E-state index contributed by atoms with van der Waals surface area (Å²) in [7, 11) is 0. The average molecular weight is 293 g/mol. The van der Waals surface area contributed by atoms with Crippen molar-refractivity contribution in [2.24, 2.45) is 0 Å². The lowest BCUT2D eigenvalue weighted by atomic mass is 10.2. The predicted octanol–water partition coefficient (Wildman–Crippen LogP) is 0.904. The van der Waals surface area contributed by atoms with Gasteiger partial charge in [0.2, 0.25) is 0 Å². The van der Waals surface area contributed by atoms with Crippen LogP contribution < -0.4 is 0 Å². The SMILES string of the molecule is C[C@H](OCc1ccccc1)C(=O)N1CCOC[C@@H]1C(=O)O. The molecule has 6 nitrogen and oxygen atoms in total. The van der Waals surface area contributed by atoms with Gasteiger partial charge in [0.15, 0.2) is 6.04 Å². The number of benzene rings is 1. The van der Waals surface area contributed by atoms with E-state index in [0.717, 1.165) is 5.56 Å². The molecule has 114 valence electrons. The highest BCUT2D eigenvalue weighted by Gasteiger charge is 2.35. The van der Waals surface area contributed by atoms with Crippen molar-refractivity contribution in [3.63, 3.8) is 0 Å². The van der Waals surface area contributed by atoms with E-state index in [9.17, 15) is 9.59 Å². The Labute approximate surface area is 123 Å². The van der Waals surface area contributed by atoms with Gasteiger partial charge >= 0.3 is 5.97 Å². The van der Waals surface area contributed by atoms with Gasteiger partial charge in [0.25, 0.3) is 5.91 Å². The van der Waals surface area contributed by atoms with E-state index in [1.54, 1.807) is 6.92 Å².